The summed E-state index contributed by atoms with van der Waals surface area (Å²) in [6.45, 7) is 4.23. The highest BCUT2D eigenvalue weighted by atomic mass is 35.5. The molecule has 0 saturated carbocycles. The number of rotatable bonds is 5. The molecule has 0 unspecified atom stereocenters. The fourth-order valence-corrected chi connectivity index (χ4v) is 3.28. The van der Waals surface area contributed by atoms with E-state index in [1.165, 1.54) is 7.11 Å². The van der Waals surface area contributed by atoms with E-state index in [1.807, 2.05) is 26.0 Å². The van der Waals surface area contributed by atoms with Crippen LogP contribution in [-0.2, 0) is 0 Å². The average molecular weight is 405 g/mol. The summed E-state index contributed by atoms with van der Waals surface area (Å²) in [6, 6.07) is 8.91. The van der Waals surface area contributed by atoms with E-state index < -0.39 is 0 Å². The monoisotopic (exact) mass is 404 g/mol. The SMILES string of the molecule is CCOc1cc(/C=C(\Cl)c2nc3c(C)cccc3c(=O)[nH]2)cc(Cl)c1OC. The Hall–Kier alpha value is -2.50. The Labute approximate surface area is 166 Å². The molecule has 0 bridgehead atoms. The third kappa shape index (κ3) is 3.94. The van der Waals surface area contributed by atoms with Gasteiger partial charge in [-0.2, -0.15) is 0 Å². The van der Waals surface area contributed by atoms with Crippen LogP contribution in [0, 0.1) is 6.92 Å². The first-order valence-corrected chi connectivity index (χ1v) is 9.07. The Morgan fingerprint density at radius 3 is 2.81 bits per heavy atom. The minimum absolute atomic E-state index is 0.243. The molecule has 0 aliphatic heterocycles. The normalized spacial score (nSPS) is 11.7. The van der Waals surface area contributed by atoms with Crippen LogP contribution in [0.5, 0.6) is 11.5 Å². The van der Waals surface area contributed by atoms with Crippen molar-refractivity contribution in [1.82, 2.24) is 9.97 Å². The van der Waals surface area contributed by atoms with Crippen molar-refractivity contribution in [2.75, 3.05) is 13.7 Å². The maximum atomic E-state index is 12.3. The molecule has 1 N–H and O–H groups in total. The molecule has 0 radical (unpaired) electrons. The van der Waals surface area contributed by atoms with E-state index in [-0.39, 0.29) is 16.4 Å². The van der Waals surface area contributed by atoms with Crippen molar-refractivity contribution in [3.8, 4) is 11.5 Å². The van der Waals surface area contributed by atoms with E-state index in [0.717, 1.165) is 5.56 Å². The second-order valence-electron chi connectivity index (χ2n) is 5.85. The van der Waals surface area contributed by atoms with Crippen LogP contribution >= 0.6 is 23.2 Å². The number of para-hydroxylation sites is 1. The fourth-order valence-electron chi connectivity index (χ4n) is 2.77. The third-order valence-corrected chi connectivity index (χ3v) is 4.56. The molecule has 7 heteroatoms. The summed E-state index contributed by atoms with van der Waals surface area (Å²) in [7, 11) is 1.53. The summed E-state index contributed by atoms with van der Waals surface area (Å²) in [5, 5.41) is 1.20. The molecule has 0 amide bonds. The van der Waals surface area contributed by atoms with Crippen molar-refractivity contribution in [2.45, 2.75) is 13.8 Å². The van der Waals surface area contributed by atoms with Gasteiger partial charge in [0.15, 0.2) is 17.3 Å². The zero-order valence-electron chi connectivity index (χ0n) is 15.1. The van der Waals surface area contributed by atoms with Crippen LogP contribution in [-0.4, -0.2) is 23.7 Å². The van der Waals surface area contributed by atoms with E-state index in [0.29, 0.717) is 39.6 Å². The van der Waals surface area contributed by atoms with Gasteiger partial charge in [0.05, 0.1) is 34.7 Å². The largest absolute Gasteiger partial charge is 0.491 e. The highest BCUT2D eigenvalue weighted by Gasteiger charge is 2.13. The van der Waals surface area contributed by atoms with Crippen molar-refractivity contribution >= 4 is 45.2 Å². The Bertz CT molecular complexity index is 1090. The van der Waals surface area contributed by atoms with Crippen LogP contribution in [0.3, 0.4) is 0 Å². The maximum Gasteiger partial charge on any atom is 0.259 e. The standard InChI is InChI=1S/C20H18Cl2N2O3/c1-4-27-16-10-12(8-14(21)18(16)26-3)9-15(22)19-23-17-11(2)6-5-7-13(17)20(25)24-19/h5-10H,4H2,1-3H3,(H,23,24,25)/b15-9-. The molecule has 3 rings (SSSR count). The summed E-state index contributed by atoms with van der Waals surface area (Å²) in [5.41, 5.74) is 1.97. The van der Waals surface area contributed by atoms with Gasteiger partial charge in [-0.3, -0.25) is 4.79 Å². The number of hydrogen-bond donors (Lipinski definition) is 1. The Kier molecular flexibility index (Phi) is 5.73. The van der Waals surface area contributed by atoms with Gasteiger partial charge in [-0.15, -0.1) is 0 Å². The molecule has 0 atom stereocenters. The summed E-state index contributed by atoms with van der Waals surface area (Å²) >= 11 is 12.7. The number of benzene rings is 2. The fraction of sp³-hybridized carbons (Fsp3) is 0.200. The van der Waals surface area contributed by atoms with Gasteiger partial charge in [0, 0.05) is 0 Å². The molecular formula is C20H18Cl2N2O3. The molecule has 3 aromatic rings. The minimum atomic E-state index is -0.243. The number of hydrogen-bond acceptors (Lipinski definition) is 4. The van der Waals surface area contributed by atoms with Crippen molar-refractivity contribution < 1.29 is 9.47 Å². The third-order valence-electron chi connectivity index (χ3n) is 3.99. The van der Waals surface area contributed by atoms with Crippen molar-refractivity contribution in [1.29, 1.82) is 0 Å². The first-order valence-electron chi connectivity index (χ1n) is 8.32. The number of aromatic amines is 1. The lowest BCUT2D eigenvalue weighted by Gasteiger charge is -2.12. The quantitative estimate of drug-likeness (QED) is 0.647. The topological polar surface area (TPSA) is 64.2 Å². The summed E-state index contributed by atoms with van der Waals surface area (Å²) in [6.07, 6.45) is 1.66. The number of methoxy groups -OCH3 is 1. The molecular weight excluding hydrogens is 387 g/mol. The predicted molar refractivity (Wildman–Crippen MR) is 110 cm³/mol. The van der Waals surface area contributed by atoms with Gasteiger partial charge >= 0.3 is 0 Å². The highest BCUT2D eigenvalue weighted by molar-refractivity contribution is 6.50. The van der Waals surface area contributed by atoms with E-state index in [2.05, 4.69) is 9.97 Å². The second-order valence-corrected chi connectivity index (χ2v) is 6.66. The van der Waals surface area contributed by atoms with E-state index in [1.54, 1.807) is 24.3 Å². The molecule has 0 spiro atoms. The van der Waals surface area contributed by atoms with Crippen molar-refractivity contribution in [2.24, 2.45) is 0 Å². The molecule has 2 aromatic carbocycles. The van der Waals surface area contributed by atoms with Gasteiger partial charge in [0.1, 0.15) is 0 Å². The first-order chi connectivity index (χ1) is 12.9. The predicted octanol–water partition coefficient (Wildman–Crippen LogP) is 5.03. The minimum Gasteiger partial charge on any atom is -0.491 e. The molecule has 0 saturated heterocycles. The van der Waals surface area contributed by atoms with Crippen LogP contribution in [0.15, 0.2) is 35.1 Å². The van der Waals surface area contributed by atoms with Crippen molar-refractivity contribution in [3.63, 3.8) is 0 Å². The number of halogens is 2. The number of nitrogens with one attached hydrogen (secondary N) is 1. The van der Waals surface area contributed by atoms with Crippen LogP contribution in [0.4, 0.5) is 0 Å². The van der Waals surface area contributed by atoms with Gasteiger partial charge in [-0.05, 0) is 49.2 Å². The number of ether oxygens (including phenoxy) is 2. The van der Waals surface area contributed by atoms with Gasteiger partial charge in [-0.25, -0.2) is 4.98 Å². The molecule has 0 aliphatic carbocycles. The summed E-state index contributed by atoms with van der Waals surface area (Å²) in [5.74, 6) is 1.26. The lowest BCUT2D eigenvalue weighted by Crippen LogP contribution is -2.11. The second kappa shape index (κ2) is 8.03. The summed E-state index contributed by atoms with van der Waals surface area (Å²) < 4.78 is 10.9. The smallest absolute Gasteiger partial charge is 0.259 e. The van der Waals surface area contributed by atoms with E-state index in [9.17, 15) is 4.79 Å². The molecule has 140 valence electrons. The molecule has 1 aromatic heterocycles. The first kappa shape index (κ1) is 19.3. The van der Waals surface area contributed by atoms with Gasteiger partial charge < -0.3 is 14.5 Å². The number of fused-ring (bicyclic) bond motifs is 1. The van der Waals surface area contributed by atoms with Crippen LogP contribution in [0.1, 0.15) is 23.9 Å². The highest BCUT2D eigenvalue weighted by Crippen LogP contribution is 2.37. The molecule has 1 heterocycles. The zero-order chi connectivity index (χ0) is 19.6. The Morgan fingerprint density at radius 2 is 2.11 bits per heavy atom. The van der Waals surface area contributed by atoms with Gasteiger partial charge in [0.2, 0.25) is 0 Å². The van der Waals surface area contributed by atoms with Gasteiger partial charge in [0.25, 0.3) is 5.56 Å². The average Bonchev–Trinajstić information content (AvgIpc) is 2.62. The molecule has 5 nitrogen and oxygen atoms in total. The van der Waals surface area contributed by atoms with E-state index in [4.69, 9.17) is 32.7 Å². The van der Waals surface area contributed by atoms with Crippen molar-refractivity contribution in [3.05, 3.63) is 62.7 Å². The zero-order valence-corrected chi connectivity index (χ0v) is 16.6. The maximum absolute atomic E-state index is 12.3. The Balaban J connectivity index is 2.09. The number of aromatic nitrogens is 2. The molecule has 0 aliphatic rings. The Morgan fingerprint density at radius 1 is 1.33 bits per heavy atom. The number of H-pyrrole nitrogens is 1. The van der Waals surface area contributed by atoms with Gasteiger partial charge in [-0.1, -0.05) is 35.3 Å². The van der Waals surface area contributed by atoms with Crippen LogP contribution in [0.25, 0.3) is 22.0 Å². The van der Waals surface area contributed by atoms with Crippen LogP contribution < -0.4 is 15.0 Å². The van der Waals surface area contributed by atoms with E-state index >= 15 is 0 Å². The number of aryl methyl sites for hydroxylation is 1. The lowest BCUT2D eigenvalue weighted by molar-refractivity contribution is 0.311. The molecule has 0 fully saturated rings. The lowest BCUT2D eigenvalue weighted by atomic mass is 10.1. The molecule has 27 heavy (non-hydrogen) atoms. The number of nitrogens with zero attached hydrogens (tertiary/aromatic N) is 1. The summed E-state index contributed by atoms with van der Waals surface area (Å²) in [4.78, 5) is 19.6. The van der Waals surface area contributed by atoms with Crippen LogP contribution in [0.2, 0.25) is 5.02 Å².